The van der Waals surface area contributed by atoms with Crippen LogP contribution in [0.25, 0.3) is 33.6 Å². The summed E-state index contributed by atoms with van der Waals surface area (Å²) >= 11 is 3.45. The molecule has 2 saturated heterocycles. The molecule has 0 bridgehead atoms. The number of amides is 4. The van der Waals surface area contributed by atoms with E-state index in [2.05, 4.69) is 69.1 Å². The average molecular weight is 831 g/mol. The zero-order chi connectivity index (χ0) is 41.7. The number of rotatable bonds is 13. The van der Waals surface area contributed by atoms with Crippen LogP contribution >= 0.6 is 23.5 Å². The Kier molecular flexibility index (Phi) is 13.8. The molecule has 2 aliphatic heterocycles. The van der Waals surface area contributed by atoms with Gasteiger partial charge < -0.3 is 39.9 Å². The first-order chi connectivity index (χ1) is 27.8. The van der Waals surface area contributed by atoms with E-state index in [4.69, 9.17) is 19.4 Å². The lowest BCUT2D eigenvalue weighted by molar-refractivity contribution is -0.136. The fourth-order valence-electron chi connectivity index (χ4n) is 7.69. The van der Waals surface area contributed by atoms with E-state index >= 15 is 0 Å². The predicted molar refractivity (Wildman–Crippen MR) is 228 cm³/mol. The maximum absolute atomic E-state index is 13.8. The van der Waals surface area contributed by atoms with Gasteiger partial charge in [0.2, 0.25) is 11.8 Å². The number of ether oxygens (including phenoxy) is 2. The van der Waals surface area contributed by atoms with Crippen LogP contribution < -0.4 is 10.6 Å². The highest BCUT2D eigenvalue weighted by Gasteiger charge is 2.42. The number of thioether (sulfide) groups is 2. The topological polar surface area (TPSA) is 175 Å². The maximum atomic E-state index is 13.8. The van der Waals surface area contributed by atoms with E-state index in [1.807, 2.05) is 62.4 Å². The number of carbonyl (C=O) groups is 4. The Morgan fingerprint density at radius 1 is 0.638 bits per heavy atom. The minimum Gasteiger partial charge on any atom is -0.453 e. The third kappa shape index (κ3) is 9.33. The second-order valence-electron chi connectivity index (χ2n) is 15.4. The molecule has 6 rings (SSSR count). The number of hydrogen-bond acceptors (Lipinski definition) is 10. The molecule has 4 aromatic rings. The zero-order valence-electron chi connectivity index (χ0n) is 34.3. The summed E-state index contributed by atoms with van der Waals surface area (Å²) in [6, 6.07) is 14.6. The molecule has 16 heteroatoms. The summed E-state index contributed by atoms with van der Waals surface area (Å²) in [6.07, 6.45) is 7.96. The lowest BCUT2D eigenvalue weighted by Crippen LogP contribution is -2.51. The molecule has 4 N–H and O–H groups in total. The number of benzene rings is 2. The standard InChI is InChI=1S/C42H54N8O6S2/c1-23(2)35(47-41(53)55-5)39(51)49-21-29(57-7)17-33(49)37-43-19-31(45-37)27-13-9-25(10-14-27)26-11-15-28(16-12-26)32-20-44-38(46-32)34-18-30(58-8)22-50(34)40(52)36(24(3)4)48-42(54)56-6/h9-16,19-20,23-24,29-30,33-36H,17-18,21-22H2,1-8H3,(H,43,45)(H,44,46)(H,47,53)(H,48,54)/t29-,30-,33+,34+,35+,36+/m1/s1. The number of hydrogen-bond donors (Lipinski definition) is 4. The van der Waals surface area contributed by atoms with Crippen LogP contribution in [0.2, 0.25) is 0 Å². The minimum atomic E-state index is -0.710. The number of methoxy groups -OCH3 is 2. The SMILES string of the molecule is COC(=O)N[C@H](C(=O)N1C[C@H](SC)C[C@H]1c1ncc(-c2ccc(-c3ccc(-c4cnc([C@@H]5C[C@@H](SC)CN5C(=O)[C@@H](NC(=O)OC)C(C)C)[nH]4)cc3)cc2)[nH]1)C(C)C. The molecule has 0 aliphatic carbocycles. The van der Waals surface area contributed by atoms with Crippen molar-refractivity contribution >= 4 is 47.5 Å². The van der Waals surface area contributed by atoms with Crippen LogP contribution in [0.1, 0.15) is 64.3 Å². The van der Waals surface area contributed by atoms with Crippen molar-refractivity contribution in [3.63, 3.8) is 0 Å². The summed E-state index contributed by atoms with van der Waals surface area (Å²) in [5.74, 6) is 0.895. The van der Waals surface area contributed by atoms with E-state index in [-0.39, 0.29) is 46.2 Å². The van der Waals surface area contributed by atoms with E-state index in [0.717, 1.165) is 46.5 Å². The summed E-state index contributed by atoms with van der Waals surface area (Å²) < 4.78 is 9.59. The molecule has 0 saturated carbocycles. The van der Waals surface area contributed by atoms with Gasteiger partial charge in [-0.15, -0.1) is 0 Å². The van der Waals surface area contributed by atoms with Crippen molar-refractivity contribution in [2.24, 2.45) is 11.8 Å². The van der Waals surface area contributed by atoms with Gasteiger partial charge in [0.05, 0.1) is 50.1 Å². The number of nitrogens with one attached hydrogen (secondary N) is 4. The molecule has 4 heterocycles. The monoisotopic (exact) mass is 830 g/mol. The number of aromatic nitrogens is 4. The summed E-state index contributed by atoms with van der Waals surface area (Å²) in [4.78, 5) is 71.8. The van der Waals surface area contributed by atoms with Crippen molar-refractivity contribution < 1.29 is 28.7 Å². The van der Waals surface area contributed by atoms with Crippen LogP contribution in [0, 0.1) is 11.8 Å². The van der Waals surface area contributed by atoms with Crippen LogP contribution in [0.4, 0.5) is 9.59 Å². The highest BCUT2D eigenvalue weighted by molar-refractivity contribution is 7.99. The van der Waals surface area contributed by atoms with Gasteiger partial charge >= 0.3 is 12.2 Å². The van der Waals surface area contributed by atoms with Crippen molar-refractivity contribution in [2.45, 2.75) is 75.2 Å². The van der Waals surface area contributed by atoms with Crippen molar-refractivity contribution in [1.82, 2.24) is 40.4 Å². The molecule has 4 amide bonds. The second-order valence-corrected chi connectivity index (χ2v) is 17.7. The van der Waals surface area contributed by atoms with Crippen LogP contribution in [-0.4, -0.2) is 116 Å². The highest BCUT2D eigenvalue weighted by Crippen LogP contribution is 2.39. The Morgan fingerprint density at radius 2 is 0.983 bits per heavy atom. The minimum absolute atomic E-state index is 0.122. The number of aromatic amines is 2. The molecule has 58 heavy (non-hydrogen) atoms. The quantitative estimate of drug-likeness (QED) is 0.111. The summed E-state index contributed by atoms with van der Waals surface area (Å²) in [5, 5.41) is 5.93. The maximum Gasteiger partial charge on any atom is 0.407 e. The molecule has 0 unspecified atom stereocenters. The highest BCUT2D eigenvalue weighted by atomic mass is 32.2. The third-order valence-electron chi connectivity index (χ3n) is 11.1. The molecule has 0 radical (unpaired) electrons. The van der Waals surface area contributed by atoms with Crippen LogP contribution in [0.3, 0.4) is 0 Å². The molecule has 2 aromatic heterocycles. The van der Waals surface area contributed by atoms with Crippen LogP contribution in [-0.2, 0) is 19.1 Å². The van der Waals surface area contributed by atoms with Crippen molar-refractivity contribution in [3.8, 4) is 33.6 Å². The normalized spacial score (nSPS) is 20.3. The van der Waals surface area contributed by atoms with Crippen molar-refractivity contribution in [2.75, 3.05) is 39.8 Å². The van der Waals surface area contributed by atoms with Crippen LogP contribution in [0.5, 0.6) is 0 Å². The van der Waals surface area contributed by atoms with Crippen LogP contribution in [0.15, 0.2) is 60.9 Å². The zero-order valence-corrected chi connectivity index (χ0v) is 35.9. The first-order valence-corrected chi connectivity index (χ1v) is 22.1. The smallest absolute Gasteiger partial charge is 0.407 e. The molecular weight excluding hydrogens is 777 g/mol. The Balaban J connectivity index is 1.14. The molecule has 14 nitrogen and oxygen atoms in total. The fraction of sp³-hybridized carbons (Fsp3) is 0.476. The van der Waals surface area contributed by atoms with E-state index in [0.29, 0.717) is 24.7 Å². The molecule has 6 atom stereocenters. The van der Waals surface area contributed by atoms with Crippen molar-refractivity contribution in [1.29, 1.82) is 0 Å². The summed E-state index contributed by atoms with van der Waals surface area (Å²) in [5.41, 5.74) is 5.75. The number of H-pyrrole nitrogens is 2. The number of likely N-dealkylation sites (tertiary alicyclic amines) is 2. The van der Waals surface area contributed by atoms with Gasteiger partial charge in [-0.05, 0) is 59.4 Å². The Labute approximate surface area is 348 Å². The molecular formula is C42H54N8O6S2. The average Bonchev–Trinajstić information content (AvgIpc) is 4.07. The molecule has 2 fully saturated rings. The van der Waals surface area contributed by atoms with Gasteiger partial charge in [-0.3, -0.25) is 9.59 Å². The number of carbonyl (C=O) groups excluding carboxylic acids is 4. The molecule has 310 valence electrons. The number of imidazole rings is 2. The summed E-state index contributed by atoms with van der Waals surface area (Å²) in [7, 11) is 2.58. The Bertz CT molecular complexity index is 1910. The first-order valence-electron chi connectivity index (χ1n) is 19.5. The largest absolute Gasteiger partial charge is 0.453 e. The van der Waals surface area contributed by atoms with Gasteiger partial charge in [0.1, 0.15) is 23.7 Å². The van der Waals surface area contributed by atoms with Gasteiger partial charge in [0.25, 0.3) is 0 Å². The van der Waals surface area contributed by atoms with Gasteiger partial charge in [-0.25, -0.2) is 19.6 Å². The number of nitrogens with zero attached hydrogens (tertiary/aromatic N) is 4. The lowest BCUT2D eigenvalue weighted by atomic mass is 10.0. The summed E-state index contributed by atoms with van der Waals surface area (Å²) in [6.45, 7) is 8.76. The fourth-order valence-corrected chi connectivity index (χ4v) is 9.06. The predicted octanol–water partition coefficient (Wildman–Crippen LogP) is 6.91. The number of alkyl carbamates (subject to hydrolysis) is 2. The second kappa shape index (κ2) is 18.7. The van der Waals surface area contributed by atoms with E-state index in [9.17, 15) is 19.2 Å². The molecule has 2 aromatic carbocycles. The van der Waals surface area contributed by atoms with Gasteiger partial charge in [-0.2, -0.15) is 23.5 Å². The van der Waals surface area contributed by atoms with E-state index < -0.39 is 24.3 Å². The Morgan fingerprint density at radius 3 is 1.29 bits per heavy atom. The van der Waals surface area contributed by atoms with E-state index in [1.54, 1.807) is 23.5 Å². The Hall–Kier alpha value is -4.96. The first kappa shape index (κ1) is 42.6. The molecule has 0 spiro atoms. The van der Waals surface area contributed by atoms with Gasteiger partial charge in [0.15, 0.2) is 0 Å². The third-order valence-corrected chi connectivity index (χ3v) is 13.1. The van der Waals surface area contributed by atoms with Gasteiger partial charge in [-0.1, -0.05) is 76.2 Å². The van der Waals surface area contributed by atoms with Gasteiger partial charge in [0, 0.05) is 23.6 Å². The lowest BCUT2D eigenvalue weighted by Gasteiger charge is -2.30. The van der Waals surface area contributed by atoms with E-state index in [1.165, 1.54) is 14.2 Å². The molecule has 2 aliphatic rings. The van der Waals surface area contributed by atoms with Crippen molar-refractivity contribution in [3.05, 3.63) is 72.6 Å².